The summed E-state index contributed by atoms with van der Waals surface area (Å²) in [5, 5.41) is 6.16. The van der Waals surface area contributed by atoms with Gasteiger partial charge in [0.1, 0.15) is 0 Å². The third-order valence-electron chi connectivity index (χ3n) is 3.76. The first-order chi connectivity index (χ1) is 8.65. The van der Waals surface area contributed by atoms with E-state index in [0.717, 1.165) is 30.7 Å². The van der Waals surface area contributed by atoms with Crippen molar-refractivity contribution in [3.63, 3.8) is 0 Å². The summed E-state index contributed by atoms with van der Waals surface area (Å²) in [6, 6.07) is 6.18. The monoisotopic (exact) mass is 242 g/mol. The third kappa shape index (κ3) is 1.84. The summed E-state index contributed by atoms with van der Waals surface area (Å²) in [6.07, 6.45) is 4.27. The number of carbonyl (C=O) groups is 1. The Balaban J connectivity index is 1.97. The topological polar surface area (TPSA) is 32.7 Å². The number of hydrogen-bond acceptors (Lipinski definition) is 2. The molecule has 0 N–H and O–H groups in total. The molecule has 1 aromatic carbocycles. The summed E-state index contributed by atoms with van der Waals surface area (Å²) < 4.78 is 0. The number of aryl methyl sites for hydroxylation is 2. The summed E-state index contributed by atoms with van der Waals surface area (Å²) in [7, 11) is 0. The van der Waals surface area contributed by atoms with E-state index in [9.17, 15) is 4.79 Å². The first kappa shape index (κ1) is 11.5. The zero-order valence-corrected chi connectivity index (χ0v) is 10.9. The molecule has 1 saturated carbocycles. The first-order valence-corrected chi connectivity index (χ1v) is 6.65. The highest BCUT2D eigenvalue weighted by atomic mass is 16.2. The van der Waals surface area contributed by atoms with Crippen molar-refractivity contribution in [2.24, 2.45) is 11.0 Å². The molecule has 2 aliphatic rings. The Bertz CT molecular complexity index is 513. The Kier molecular flexibility index (Phi) is 2.69. The second kappa shape index (κ2) is 4.23. The van der Waals surface area contributed by atoms with Gasteiger partial charge in [-0.3, -0.25) is 4.79 Å². The first-order valence-electron chi connectivity index (χ1n) is 6.65. The quantitative estimate of drug-likeness (QED) is 0.744. The van der Waals surface area contributed by atoms with Crippen LogP contribution in [0.15, 0.2) is 23.3 Å². The van der Waals surface area contributed by atoms with Gasteiger partial charge in [-0.2, -0.15) is 5.10 Å². The predicted molar refractivity (Wildman–Crippen MR) is 72.8 cm³/mol. The largest absolute Gasteiger partial charge is 0.272 e. The molecule has 0 spiro atoms. The lowest BCUT2D eigenvalue weighted by Gasteiger charge is -2.17. The molecule has 1 aliphatic carbocycles. The van der Waals surface area contributed by atoms with Crippen LogP contribution in [0.5, 0.6) is 0 Å². The standard InChI is InChI=1S/C15H18N2O/c1-10-7-11(2)9-12(8-10)17-15(18)13-5-3-4-6-14(13)16-17/h7-9,13H,3-6H2,1-2H3. The Labute approximate surface area is 107 Å². The number of hydrogen-bond donors (Lipinski definition) is 0. The van der Waals surface area contributed by atoms with Gasteiger partial charge in [0.2, 0.25) is 0 Å². The van der Waals surface area contributed by atoms with Gasteiger partial charge >= 0.3 is 0 Å². The molecule has 1 atom stereocenters. The van der Waals surface area contributed by atoms with Gasteiger partial charge in [0.15, 0.2) is 0 Å². The van der Waals surface area contributed by atoms with Crippen LogP contribution in [0.1, 0.15) is 36.8 Å². The zero-order valence-electron chi connectivity index (χ0n) is 10.9. The molecule has 0 bridgehead atoms. The van der Waals surface area contributed by atoms with Crippen molar-refractivity contribution in [1.82, 2.24) is 0 Å². The molecule has 1 heterocycles. The molecule has 1 fully saturated rings. The molecule has 18 heavy (non-hydrogen) atoms. The van der Waals surface area contributed by atoms with Crippen LogP contribution in [-0.2, 0) is 4.79 Å². The lowest BCUT2D eigenvalue weighted by Crippen LogP contribution is -2.28. The highest BCUT2D eigenvalue weighted by Crippen LogP contribution is 2.32. The summed E-state index contributed by atoms with van der Waals surface area (Å²) in [6.45, 7) is 4.11. The SMILES string of the molecule is Cc1cc(C)cc(N2N=C3CCCCC3C2=O)c1. The Morgan fingerprint density at radius 1 is 1.17 bits per heavy atom. The minimum absolute atomic E-state index is 0.0552. The van der Waals surface area contributed by atoms with Crippen molar-refractivity contribution < 1.29 is 4.79 Å². The maximum absolute atomic E-state index is 12.4. The molecular weight excluding hydrogens is 224 g/mol. The van der Waals surface area contributed by atoms with Crippen LogP contribution in [0.2, 0.25) is 0 Å². The number of benzene rings is 1. The van der Waals surface area contributed by atoms with E-state index in [1.807, 2.05) is 12.1 Å². The maximum Gasteiger partial charge on any atom is 0.256 e. The summed E-state index contributed by atoms with van der Waals surface area (Å²) >= 11 is 0. The van der Waals surface area contributed by atoms with Gasteiger partial charge in [0, 0.05) is 0 Å². The van der Waals surface area contributed by atoms with E-state index in [-0.39, 0.29) is 11.8 Å². The molecule has 3 rings (SSSR count). The zero-order chi connectivity index (χ0) is 12.7. The third-order valence-corrected chi connectivity index (χ3v) is 3.76. The van der Waals surface area contributed by atoms with Crippen molar-refractivity contribution in [3.05, 3.63) is 29.3 Å². The minimum atomic E-state index is 0.0552. The fraction of sp³-hybridized carbons (Fsp3) is 0.467. The van der Waals surface area contributed by atoms with E-state index in [2.05, 4.69) is 25.0 Å². The number of hydrazone groups is 1. The predicted octanol–water partition coefficient (Wildman–Crippen LogP) is 3.20. The molecule has 3 nitrogen and oxygen atoms in total. The second-order valence-electron chi connectivity index (χ2n) is 5.39. The fourth-order valence-electron chi connectivity index (χ4n) is 2.96. The molecule has 3 heteroatoms. The van der Waals surface area contributed by atoms with Crippen molar-refractivity contribution >= 4 is 17.3 Å². The minimum Gasteiger partial charge on any atom is -0.272 e. The van der Waals surface area contributed by atoms with Gasteiger partial charge in [0.25, 0.3) is 5.91 Å². The average molecular weight is 242 g/mol. The number of carbonyl (C=O) groups excluding carboxylic acids is 1. The van der Waals surface area contributed by atoms with E-state index >= 15 is 0 Å². The molecule has 1 amide bonds. The Hall–Kier alpha value is -1.64. The number of fused-ring (bicyclic) bond motifs is 1. The highest BCUT2D eigenvalue weighted by molar-refractivity contribution is 6.15. The highest BCUT2D eigenvalue weighted by Gasteiger charge is 2.37. The molecule has 1 unspecified atom stereocenters. The Morgan fingerprint density at radius 3 is 2.56 bits per heavy atom. The Morgan fingerprint density at radius 2 is 1.89 bits per heavy atom. The van der Waals surface area contributed by atoms with Gasteiger partial charge in [0.05, 0.1) is 17.3 Å². The van der Waals surface area contributed by atoms with Crippen LogP contribution in [-0.4, -0.2) is 11.6 Å². The molecule has 94 valence electrons. The summed E-state index contributed by atoms with van der Waals surface area (Å²) in [4.78, 5) is 12.4. The van der Waals surface area contributed by atoms with Gasteiger partial charge in [-0.1, -0.05) is 12.5 Å². The van der Waals surface area contributed by atoms with E-state index in [1.165, 1.54) is 17.5 Å². The van der Waals surface area contributed by atoms with Crippen LogP contribution in [0.25, 0.3) is 0 Å². The molecule has 0 aromatic heterocycles. The van der Waals surface area contributed by atoms with Crippen LogP contribution in [0, 0.1) is 19.8 Å². The van der Waals surface area contributed by atoms with E-state index in [4.69, 9.17) is 0 Å². The smallest absolute Gasteiger partial charge is 0.256 e. The molecule has 1 aliphatic heterocycles. The number of amides is 1. The normalized spacial score (nSPS) is 23.0. The van der Waals surface area contributed by atoms with E-state index in [1.54, 1.807) is 5.01 Å². The van der Waals surface area contributed by atoms with Crippen molar-refractivity contribution in [3.8, 4) is 0 Å². The van der Waals surface area contributed by atoms with Crippen LogP contribution in [0.3, 0.4) is 0 Å². The van der Waals surface area contributed by atoms with Crippen LogP contribution >= 0.6 is 0 Å². The van der Waals surface area contributed by atoms with Crippen molar-refractivity contribution in [1.29, 1.82) is 0 Å². The van der Waals surface area contributed by atoms with Gasteiger partial charge < -0.3 is 0 Å². The lowest BCUT2D eigenvalue weighted by atomic mass is 9.87. The van der Waals surface area contributed by atoms with Crippen LogP contribution < -0.4 is 5.01 Å². The van der Waals surface area contributed by atoms with E-state index < -0.39 is 0 Å². The van der Waals surface area contributed by atoms with Crippen LogP contribution in [0.4, 0.5) is 5.69 Å². The molecule has 1 aromatic rings. The number of anilines is 1. The summed E-state index contributed by atoms with van der Waals surface area (Å²) in [5.41, 5.74) is 4.35. The van der Waals surface area contributed by atoms with Crippen molar-refractivity contribution in [2.75, 3.05) is 5.01 Å². The number of rotatable bonds is 1. The average Bonchev–Trinajstić information content (AvgIpc) is 2.66. The maximum atomic E-state index is 12.4. The van der Waals surface area contributed by atoms with Gasteiger partial charge in [-0.25, -0.2) is 5.01 Å². The molecular formula is C15H18N2O. The van der Waals surface area contributed by atoms with E-state index in [0.29, 0.717) is 0 Å². The second-order valence-corrected chi connectivity index (χ2v) is 5.39. The molecule has 0 radical (unpaired) electrons. The summed E-state index contributed by atoms with van der Waals surface area (Å²) in [5.74, 6) is 0.217. The molecule has 0 saturated heterocycles. The fourth-order valence-corrected chi connectivity index (χ4v) is 2.96. The van der Waals surface area contributed by atoms with Gasteiger partial charge in [-0.05, 0) is 56.4 Å². The lowest BCUT2D eigenvalue weighted by molar-refractivity contribution is -0.120. The van der Waals surface area contributed by atoms with Crippen molar-refractivity contribution in [2.45, 2.75) is 39.5 Å². The van der Waals surface area contributed by atoms with Gasteiger partial charge in [-0.15, -0.1) is 0 Å². The number of nitrogens with zero attached hydrogens (tertiary/aromatic N) is 2.